The number of carbonyl (C=O) groups is 1. The maximum absolute atomic E-state index is 11.7. The second kappa shape index (κ2) is 7.36. The average molecular weight is 270 g/mol. The van der Waals surface area contributed by atoms with Crippen LogP contribution in [0.5, 0.6) is 0 Å². The first-order chi connectivity index (χ1) is 8.47. The summed E-state index contributed by atoms with van der Waals surface area (Å²) in [6.07, 6.45) is 0. The van der Waals surface area contributed by atoms with E-state index in [1.54, 1.807) is 18.2 Å². The number of anilines is 1. The van der Waals surface area contributed by atoms with Gasteiger partial charge in [-0.1, -0.05) is 17.7 Å². The molecule has 0 heterocycles. The molecule has 1 aromatic carbocycles. The fourth-order valence-electron chi connectivity index (χ4n) is 1.65. The van der Waals surface area contributed by atoms with E-state index in [0.29, 0.717) is 11.6 Å². The second-order valence-electron chi connectivity index (χ2n) is 4.60. The molecule has 0 aliphatic rings. The number of halogens is 1. The Kier molecular flexibility index (Phi) is 6.12. The first kappa shape index (κ1) is 15.0. The standard InChI is InChI=1S/C13H20ClN3O/c1-10(9-17(2)3)15-8-13(18)16-12-6-4-5-11(14)7-12/h4-7,10,15H,8-9H2,1-3H3,(H,16,18). The molecule has 0 bridgehead atoms. The zero-order valence-corrected chi connectivity index (χ0v) is 11.8. The molecule has 0 fully saturated rings. The molecule has 1 unspecified atom stereocenters. The van der Waals surface area contributed by atoms with Crippen molar-refractivity contribution in [2.45, 2.75) is 13.0 Å². The van der Waals surface area contributed by atoms with Crippen molar-refractivity contribution in [3.8, 4) is 0 Å². The van der Waals surface area contributed by atoms with Crippen LogP contribution in [-0.4, -0.2) is 44.0 Å². The lowest BCUT2D eigenvalue weighted by atomic mass is 10.3. The van der Waals surface area contributed by atoms with Crippen molar-refractivity contribution in [2.24, 2.45) is 0 Å². The van der Waals surface area contributed by atoms with E-state index in [9.17, 15) is 4.79 Å². The van der Waals surface area contributed by atoms with Gasteiger partial charge in [-0.3, -0.25) is 4.79 Å². The third-order valence-corrected chi connectivity index (χ3v) is 2.59. The van der Waals surface area contributed by atoms with Gasteiger partial charge in [0.25, 0.3) is 0 Å². The molecule has 0 saturated carbocycles. The number of nitrogens with zero attached hydrogens (tertiary/aromatic N) is 1. The summed E-state index contributed by atoms with van der Waals surface area (Å²) >= 11 is 5.84. The summed E-state index contributed by atoms with van der Waals surface area (Å²) in [4.78, 5) is 13.8. The SMILES string of the molecule is CC(CN(C)C)NCC(=O)Nc1cccc(Cl)c1. The highest BCUT2D eigenvalue weighted by Crippen LogP contribution is 2.14. The van der Waals surface area contributed by atoms with Crippen LogP contribution in [0.1, 0.15) is 6.92 Å². The van der Waals surface area contributed by atoms with Crippen LogP contribution in [0.4, 0.5) is 5.69 Å². The van der Waals surface area contributed by atoms with Gasteiger partial charge in [-0.05, 0) is 39.2 Å². The van der Waals surface area contributed by atoms with Crippen molar-refractivity contribution in [3.63, 3.8) is 0 Å². The van der Waals surface area contributed by atoms with Gasteiger partial charge in [-0.15, -0.1) is 0 Å². The Hall–Kier alpha value is -1.10. The molecule has 5 heteroatoms. The predicted octanol–water partition coefficient (Wildman–Crippen LogP) is 1.82. The lowest BCUT2D eigenvalue weighted by Gasteiger charge is -2.18. The number of rotatable bonds is 6. The smallest absolute Gasteiger partial charge is 0.238 e. The topological polar surface area (TPSA) is 44.4 Å². The van der Waals surface area contributed by atoms with Crippen molar-refractivity contribution in [1.29, 1.82) is 0 Å². The Labute approximate surface area is 113 Å². The number of likely N-dealkylation sites (N-methyl/N-ethyl adjacent to an activating group) is 1. The molecule has 0 aliphatic carbocycles. The molecular formula is C13H20ClN3O. The van der Waals surface area contributed by atoms with E-state index < -0.39 is 0 Å². The van der Waals surface area contributed by atoms with Gasteiger partial charge >= 0.3 is 0 Å². The Balaban J connectivity index is 2.34. The molecule has 0 saturated heterocycles. The average Bonchev–Trinajstić information content (AvgIpc) is 2.25. The van der Waals surface area contributed by atoms with Gasteiger partial charge in [-0.25, -0.2) is 0 Å². The number of amides is 1. The van der Waals surface area contributed by atoms with Crippen LogP contribution in [0.3, 0.4) is 0 Å². The van der Waals surface area contributed by atoms with Gasteiger partial charge in [0.15, 0.2) is 0 Å². The molecule has 1 rings (SSSR count). The Bertz CT molecular complexity index is 396. The van der Waals surface area contributed by atoms with Gasteiger partial charge in [0.05, 0.1) is 6.54 Å². The van der Waals surface area contributed by atoms with Crippen LogP contribution >= 0.6 is 11.6 Å². The summed E-state index contributed by atoms with van der Waals surface area (Å²) in [6.45, 7) is 3.23. The number of nitrogens with one attached hydrogen (secondary N) is 2. The number of benzene rings is 1. The van der Waals surface area contributed by atoms with E-state index in [1.165, 1.54) is 0 Å². The molecule has 4 nitrogen and oxygen atoms in total. The van der Waals surface area contributed by atoms with Gasteiger partial charge in [0.2, 0.25) is 5.91 Å². The van der Waals surface area contributed by atoms with Crippen LogP contribution in [0.25, 0.3) is 0 Å². The highest BCUT2D eigenvalue weighted by Gasteiger charge is 2.06. The van der Waals surface area contributed by atoms with Crippen molar-refractivity contribution in [1.82, 2.24) is 10.2 Å². The van der Waals surface area contributed by atoms with Crippen molar-refractivity contribution in [3.05, 3.63) is 29.3 Å². The fraction of sp³-hybridized carbons (Fsp3) is 0.462. The Morgan fingerprint density at radius 2 is 2.17 bits per heavy atom. The van der Waals surface area contributed by atoms with E-state index in [2.05, 4.69) is 15.5 Å². The quantitative estimate of drug-likeness (QED) is 0.828. The first-order valence-corrected chi connectivity index (χ1v) is 6.28. The minimum absolute atomic E-state index is 0.0668. The lowest BCUT2D eigenvalue weighted by molar-refractivity contribution is -0.115. The van der Waals surface area contributed by atoms with Gasteiger partial charge in [0.1, 0.15) is 0 Å². The molecule has 1 aromatic rings. The largest absolute Gasteiger partial charge is 0.325 e. The summed E-state index contributed by atoms with van der Waals surface area (Å²) in [7, 11) is 4.01. The number of hydrogen-bond acceptors (Lipinski definition) is 3. The maximum atomic E-state index is 11.7. The molecular weight excluding hydrogens is 250 g/mol. The van der Waals surface area contributed by atoms with E-state index in [4.69, 9.17) is 11.6 Å². The molecule has 1 atom stereocenters. The summed E-state index contributed by atoms with van der Waals surface area (Å²) in [5.41, 5.74) is 0.717. The minimum atomic E-state index is -0.0668. The van der Waals surface area contributed by atoms with Crippen molar-refractivity contribution in [2.75, 3.05) is 32.5 Å². The minimum Gasteiger partial charge on any atom is -0.325 e. The van der Waals surface area contributed by atoms with Gasteiger partial charge in [-0.2, -0.15) is 0 Å². The summed E-state index contributed by atoms with van der Waals surface area (Å²) < 4.78 is 0. The Morgan fingerprint density at radius 3 is 2.78 bits per heavy atom. The van der Waals surface area contributed by atoms with Crippen LogP contribution in [0.2, 0.25) is 5.02 Å². The number of carbonyl (C=O) groups excluding carboxylic acids is 1. The molecule has 1 amide bonds. The summed E-state index contributed by atoms with van der Waals surface area (Å²) in [5, 5.41) is 6.57. The monoisotopic (exact) mass is 269 g/mol. The molecule has 0 aromatic heterocycles. The van der Waals surface area contributed by atoms with Crippen molar-refractivity contribution >= 4 is 23.2 Å². The fourth-order valence-corrected chi connectivity index (χ4v) is 1.84. The molecule has 100 valence electrons. The van der Waals surface area contributed by atoms with E-state index in [1.807, 2.05) is 27.1 Å². The normalized spacial score (nSPS) is 12.5. The van der Waals surface area contributed by atoms with E-state index >= 15 is 0 Å². The summed E-state index contributed by atoms with van der Waals surface area (Å²) in [5.74, 6) is -0.0668. The molecule has 18 heavy (non-hydrogen) atoms. The highest BCUT2D eigenvalue weighted by atomic mass is 35.5. The highest BCUT2D eigenvalue weighted by molar-refractivity contribution is 6.30. The predicted molar refractivity (Wildman–Crippen MR) is 76.1 cm³/mol. The van der Waals surface area contributed by atoms with Crippen LogP contribution in [0.15, 0.2) is 24.3 Å². The molecule has 2 N–H and O–H groups in total. The zero-order chi connectivity index (χ0) is 13.5. The summed E-state index contributed by atoms with van der Waals surface area (Å²) in [6, 6.07) is 7.38. The van der Waals surface area contributed by atoms with Crippen LogP contribution in [0, 0.1) is 0 Å². The van der Waals surface area contributed by atoms with E-state index in [0.717, 1.165) is 12.2 Å². The van der Waals surface area contributed by atoms with Crippen molar-refractivity contribution < 1.29 is 4.79 Å². The van der Waals surface area contributed by atoms with Crippen LogP contribution in [-0.2, 0) is 4.79 Å². The molecule has 0 spiro atoms. The first-order valence-electron chi connectivity index (χ1n) is 5.91. The lowest BCUT2D eigenvalue weighted by Crippen LogP contribution is -2.40. The zero-order valence-electron chi connectivity index (χ0n) is 11.0. The van der Waals surface area contributed by atoms with Gasteiger partial charge < -0.3 is 15.5 Å². The number of hydrogen-bond donors (Lipinski definition) is 2. The molecule has 0 radical (unpaired) electrons. The van der Waals surface area contributed by atoms with E-state index in [-0.39, 0.29) is 11.9 Å². The maximum Gasteiger partial charge on any atom is 0.238 e. The third kappa shape index (κ3) is 6.00. The second-order valence-corrected chi connectivity index (χ2v) is 5.04. The van der Waals surface area contributed by atoms with Gasteiger partial charge in [0, 0.05) is 23.3 Å². The molecule has 0 aliphatic heterocycles. The Morgan fingerprint density at radius 1 is 1.44 bits per heavy atom. The third-order valence-electron chi connectivity index (χ3n) is 2.36. The van der Waals surface area contributed by atoms with Crippen LogP contribution < -0.4 is 10.6 Å².